The lowest BCUT2D eigenvalue weighted by Gasteiger charge is -2.28. The average Bonchev–Trinajstić information content (AvgIpc) is 2.39. The van der Waals surface area contributed by atoms with Gasteiger partial charge in [-0.05, 0) is 11.5 Å². The Kier molecular flexibility index (Phi) is 3.65. The van der Waals surface area contributed by atoms with Crippen LogP contribution in [-0.2, 0) is 14.3 Å². The second kappa shape index (κ2) is 5.21. The fourth-order valence-electron chi connectivity index (χ4n) is 1.93. The summed E-state index contributed by atoms with van der Waals surface area (Å²) < 4.78 is 10.7. The van der Waals surface area contributed by atoms with E-state index in [1.54, 1.807) is 7.11 Å². The first-order chi connectivity index (χ1) is 8.63. The molecule has 0 aliphatic carbocycles. The molecule has 0 bridgehead atoms. The molecule has 0 radical (unpaired) electrons. The number of nitrogens with zero attached hydrogens (tertiary/aromatic N) is 1. The lowest BCUT2D eigenvalue weighted by Crippen LogP contribution is -2.39. The van der Waals surface area contributed by atoms with Gasteiger partial charge in [0.2, 0.25) is 5.90 Å². The van der Waals surface area contributed by atoms with Crippen LogP contribution in [0.1, 0.15) is 25.5 Å². The van der Waals surface area contributed by atoms with Crippen LogP contribution in [0.4, 0.5) is 0 Å². The molecule has 0 saturated carbocycles. The number of esters is 1. The third-order valence-electron chi connectivity index (χ3n) is 2.90. The zero-order valence-corrected chi connectivity index (χ0v) is 10.8. The van der Waals surface area contributed by atoms with Gasteiger partial charge in [0, 0.05) is 0 Å². The number of carbonyl (C=O) groups is 1. The van der Waals surface area contributed by atoms with Crippen LogP contribution in [-0.4, -0.2) is 25.1 Å². The number of cyclic esters (lactones) is 1. The van der Waals surface area contributed by atoms with Crippen LogP contribution in [0.3, 0.4) is 0 Å². The maximum atomic E-state index is 12.0. The molecular formula is C14H17NO3. The third-order valence-corrected chi connectivity index (χ3v) is 2.90. The molecule has 1 unspecified atom stereocenters. The maximum absolute atomic E-state index is 12.0. The Hall–Kier alpha value is -1.84. The molecule has 96 valence electrons. The van der Waals surface area contributed by atoms with E-state index in [0.29, 0.717) is 5.90 Å². The molecule has 0 spiro atoms. The first kappa shape index (κ1) is 12.6. The first-order valence-electron chi connectivity index (χ1n) is 6.00. The van der Waals surface area contributed by atoms with E-state index in [-0.39, 0.29) is 18.0 Å². The molecule has 1 aromatic carbocycles. The van der Waals surface area contributed by atoms with Crippen molar-refractivity contribution < 1.29 is 14.3 Å². The maximum Gasteiger partial charge on any atom is 0.336 e. The zero-order valence-electron chi connectivity index (χ0n) is 10.8. The Labute approximate surface area is 107 Å². The van der Waals surface area contributed by atoms with E-state index in [4.69, 9.17) is 9.47 Å². The highest BCUT2D eigenvalue weighted by Crippen LogP contribution is 2.27. The van der Waals surface area contributed by atoms with Crippen molar-refractivity contribution in [1.82, 2.24) is 0 Å². The lowest BCUT2D eigenvalue weighted by atomic mass is 10.0. The Morgan fingerprint density at radius 1 is 1.28 bits per heavy atom. The highest BCUT2D eigenvalue weighted by Gasteiger charge is 2.35. The standard InChI is InChI=1S/C14H17NO3/c1-9(2)12-13(17-3)15-11(14(16)18-12)10-7-5-4-6-8-10/h4-9,11-12H,1-3H3/t11?,12-/m0/s1. The van der Waals surface area contributed by atoms with Crippen LogP contribution in [0.25, 0.3) is 0 Å². The summed E-state index contributed by atoms with van der Waals surface area (Å²) in [6.45, 7) is 3.94. The molecule has 2 atom stereocenters. The van der Waals surface area contributed by atoms with Crippen LogP contribution < -0.4 is 0 Å². The van der Waals surface area contributed by atoms with E-state index in [1.165, 1.54) is 0 Å². The molecule has 4 nitrogen and oxygen atoms in total. The number of methoxy groups -OCH3 is 1. The second-order valence-electron chi connectivity index (χ2n) is 4.59. The molecule has 0 fully saturated rings. The first-order valence-corrected chi connectivity index (χ1v) is 6.00. The zero-order chi connectivity index (χ0) is 13.1. The Morgan fingerprint density at radius 2 is 1.94 bits per heavy atom. The van der Waals surface area contributed by atoms with Gasteiger partial charge in [-0.3, -0.25) is 0 Å². The van der Waals surface area contributed by atoms with Gasteiger partial charge in [-0.15, -0.1) is 0 Å². The molecule has 1 aromatic rings. The van der Waals surface area contributed by atoms with Crippen molar-refractivity contribution in [2.75, 3.05) is 7.11 Å². The highest BCUT2D eigenvalue weighted by atomic mass is 16.6. The number of ether oxygens (including phenoxy) is 2. The predicted molar refractivity (Wildman–Crippen MR) is 68.3 cm³/mol. The molecule has 0 aromatic heterocycles. The molecule has 0 amide bonds. The summed E-state index contributed by atoms with van der Waals surface area (Å²) in [5.41, 5.74) is 0.819. The minimum atomic E-state index is -0.615. The normalized spacial score (nSPS) is 23.6. The molecular weight excluding hydrogens is 230 g/mol. The summed E-state index contributed by atoms with van der Waals surface area (Å²) in [7, 11) is 1.55. The van der Waals surface area contributed by atoms with E-state index in [1.807, 2.05) is 44.2 Å². The van der Waals surface area contributed by atoms with E-state index in [2.05, 4.69) is 4.99 Å². The number of carbonyl (C=O) groups excluding carboxylic acids is 1. The average molecular weight is 247 g/mol. The van der Waals surface area contributed by atoms with Gasteiger partial charge in [0.25, 0.3) is 0 Å². The Balaban J connectivity index is 2.34. The van der Waals surface area contributed by atoms with Gasteiger partial charge >= 0.3 is 5.97 Å². The smallest absolute Gasteiger partial charge is 0.336 e. The second-order valence-corrected chi connectivity index (χ2v) is 4.59. The van der Waals surface area contributed by atoms with Gasteiger partial charge in [-0.25, -0.2) is 9.79 Å². The predicted octanol–water partition coefficient (Wildman–Crippen LogP) is 2.35. The highest BCUT2D eigenvalue weighted by molar-refractivity contribution is 5.91. The fraction of sp³-hybridized carbons (Fsp3) is 0.429. The number of hydrogen-bond donors (Lipinski definition) is 0. The number of aliphatic imine (C=N–C) groups is 1. The number of rotatable bonds is 2. The quantitative estimate of drug-likeness (QED) is 0.754. The van der Waals surface area contributed by atoms with Crippen molar-refractivity contribution in [2.24, 2.45) is 10.9 Å². The molecule has 0 saturated heterocycles. The minimum Gasteiger partial charge on any atom is -0.482 e. The Morgan fingerprint density at radius 3 is 2.50 bits per heavy atom. The summed E-state index contributed by atoms with van der Waals surface area (Å²) in [6.07, 6.45) is -0.387. The third kappa shape index (κ3) is 2.37. The van der Waals surface area contributed by atoms with Crippen molar-refractivity contribution in [3.63, 3.8) is 0 Å². The van der Waals surface area contributed by atoms with Crippen LogP contribution in [0.5, 0.6) is 0 Å². The topological polar surface area (TPSA) is 47.9 Å². The van der Waals surface area contributed by atoms with E-state index in [9.17, 15) is 4.79 Å². The van der Waals surface area contributed by atoms with Crippen LogP contribution in [0.15, 0.2) is 35.3 Å². The van der Waals surface area contributed by atoms with Gasteiger partial charge in [0.1, 0.15) is 0 Å². The van der Waals surface area contributed by atoms with Gasteiger partial charge < -0.3 is 9.47 Å². The fourth-order valence-corrected chi connectivity index (χ4v) is 1.93. The lowest BCUT2D eigenvalue weighted by molar-refractivity contribution is -0.151. The van der Waals surface area contributed by atoms with Gasteiger partial charge in [-0.2, -0.15) is 0 Å². The van der Waals surface area contributed by atoms with Crippen molar-refractivity contribution >= 4 is 11.9 Å². The summed E-state index contributed by atoms with van der Waals surface area (Å²) in [5.74, 6) is 0.309. The molecule has 1 heterocycles. The number of benzene rings is 1. The molecule has 18 heavy (non-hydrogen) atoms. The molecule has 1 aliphatic heterocycles. The SMILES string of the molecule is COC1=NC(c2ccccc2)C(=O)O[C@H]1C(C)C. The minimum absolute atomic E-state index is 0.143. The summed E-state index contributed by atoms with van der Waals surface area (Å²) in [5, 5.41) is 0. The monoisotopic (exact) mass is 247 g/mol. The van der Waals surface area contributed by atoms with Gasteiger partial charge in [0.05, 0.1) is 7.11 Å². The van der Waals surface area contributed by atoms with Crippen LogP contribution in [0, 0.1) is 5.92 Å². The molecule has 0 N–H and O–H groups in total. The van der Waals surface area contributed by atoms with Crippen molar-refractivity contribution in [1.29, 1.82) is 0 Å². The van der Waals surface area contributed by atoms with E-state index in [0.717, 1.165) is 5.56 Å². The Bertz CT molecular complexity index is 453. The summed E-state index contributed by atoms with van der Waals surface area (Å²) in [6, 6.07) is 8.75. The van der Waals surface area contributed by atoms with Crippen LogP contribution >= 0.6 is 0 Å². The van der Waals surface area contributed by atoms with Crippen molar-refractivity contribution in [3.8, 4) is 0 Å². The van der Waals surface area contributed by atoms with E-state index >= 15 is 0 Å². The van der Waals surface area contributed by atoms with Gasteiger partial charge in [0.15, 0.2) is 12.1 Å². The summed E-state index contributed by atoms with van der Waals surface area (Å²) >= 11 is 0. The molecule has 4 heteroatoms. The van der Waals surface area contributed by atoms with Crippen molar-refractivity contribution in [2.45, 2.75) is 26.0 Å². The number of hydrogen-bond acceptors (Lipinski definition) is 4. The van der Waals surface area contributed by atoms with Crippen molar-refractivity contribution in [3.05, 3.63) is 35.9 Å². The van der Waals surface area contributed by atoms with E-state index < -0.39 is 6.04 Å². The van der Waals surface area contributed by atoms with Crippen LogP contribution in [0.2, 0.25) is 0 Å². The van der Waals surface area contributed by atoms with Gasteiger partial charge in [-0.1, -0.05) is 44.2 Å². The molecule has 2 rings (SSSR count). The largest absolute Gasteiger partial charge is 0.482 e. The summed E-state index contributed by atoms with van der Waals surface area (Å²) in [4.78, 5) is 16.4. The molecule has 1 aliphatic rings.